The molecule has 0 fully saturated rings. The Bertz CT molecular complexity index is 798. The molecule has 0 bridgehead atoms. The zero-order valence-corrected chi connectivity index (χ0v) is 14.0. The van der Waals surface area contributed by atoms with Crippen LogP contribution in [0.1, 0.15) is 36.1 Å². The van der Waals surface area contributed by atoms with Gasteiger partial charge in [0.2, 0.25) is 0 Å². The Morgan fingerprint density at radius 3 is 2.79 bits per heavy atom. The predicted molar refractivity (Wildman–Crippen MR) is 89.0 cm³/mol. The average Bonchev–Trinajstić information content (AvgIpc) is 3.24. The van der Waals surface area contributed by atoms with Crippen LogP contribution in [-0.4, -0.2) is 31.1 Å². The van der Waals surface area contributed by atoms with E-state index in [1.54, 1.807) is 40.5 Å². The van der Waals surface area contributed by atoms with E-state index >= 15 is 0 Å². The number of hydrogen-bond acceptors (Lipinski definition) is 7. The van der Waals surface area contributed by atoms with Gasteiger partial charge in [0.1, 0.15) is 12.4 Å². The minimum absolute atomic E-state index is 0.163. The van der Waals surface area contributed by atoms with Crippen LogP contribution in [0, 0.1) is 0 Å². The van der Waals surface area contributed by atoms with Gasteiger partial charge in [-0.05, 0) is 48.5 Å². The number of benzene rings is 1. The highest BCUT2D eigenvalue weighted by atomic mass is 32.1. The van der Waals surface area contributed by atoms with Crippen molar-refractivity contribution >= 4 is 22.4 Å². The summed E-state index contributed by atoms with van der Waals surface area (Å²) in [5.41, 5.74) is 0.532. The largest absolute Gasteiger partial charge is 0.486 e. The fourth-order valence-corrected chi connectivity index (χ4v) is 2.54. The minimum Gasteiger partial charge on any atom is -0.486 e. The Morgan fingerprint density at radius 1 is 1.33 bits per heavy atom. The van der Waals surface area contributed by atoms with Gasteiger partial charge < -0.3 is 4.74 Å². The van der Waals surface area contributed by atoms with Crippen LogP contribution < -0.4 is 10.1 Å². The number of nitrogens with zero attached hydrogens (tertiary/aromatic N) is 5. The van der Waals surface area contributed by atoms with Crippen molar-refractivity contribution in [2.45, 2.75) is 26.5 Å². The molecular weight excluding hydrogens is 328 g/mol. The number of aromatic nitrogens is 5. The van der Waals surface area contributed by atoms with E-state index < -0.39 is 0 Å². The number of rotatable bonds is 6. The summed E-state index contributed by atoms with van der Waals surface area (Å²) in [5.74, 6) is 1.08. The number of carbonyl (C=O) groups is 1. The summed E-state index contributed by atoms with van der Waals surface area (Å²) in [7, 11) is 0. The highest BCUT2D eigenvalue weighted by molar-refractivity contribution is 7.13. The van der Waals surface area contributed by atoms with Gasteiger partial charge >= 0.3 is 0 Å². The zero-order chi connectivity index (χ0) is 16.9. The molecule has 0 spiro atoms. The third-order valence-corrected chi connectivity index (χ3v) is 3.88. The van der Waals surface area contributed by atoms with E-state index in [0.717, 1.165) is 0 Å². The average molecular weight is 344 g/mol. The number of thiazole rings is 1. The third kappa shape index (κ3) is 3.74. The number of hydrogen-bond donors (Lipinski definition) is 1. The molecular formula is C15H16N6O2S. The molecule has 0 radical (unpaired) electrons. The lowest BCUT2D eigenvalue weighted by atomic mass is 10.2. The van der Waals surface area contributed by atoms with Crippen LogP contribution in [0.5, 0.6) is 5.75 Å². The number of carbonyl (C=O) groups excluding carboxylic acids is 1. The summed E-state index contributed by atoms with van der Waals surface area (Å²) >= 11 is 1.37. The fraction of sp³-hybridized carbons (Fsp3) is 0.267. The van der Waals surface area contributed by atoms with Crippen molar-refractivity contribution < 1.29 is 9.53 Å². The molecule has 0 aliphatic rings. The number of nitrogens with one attached hydrogen (secondary N) is 1. The zero-order valence-electron chi connectivity index (χ0n) is 13.2. The van der Waals surface area contributed by atoms with Gasteiger partial charge in [-0.25, -0.2) is 9.67 Å². The molecule has 0 saturated heterocycles. The Hall–Kier alpha value is -2.81. The van der Waals surface area contributed by atoms with Crippen LogP contribution in [0.4, 0.5) is 5.13 Å². The van der Waals surface area contributed by atoms with Crippen LogP contribution in [0.15, 0.2) is 35.8 Å². The van der Waals surface area contributed by atoms with Crippen molar-refractivity contribution in [2.75, 3.05) is 5.32 Å². The van der Waals surface area contributed by atoms with Gasteiger partial charge in [0.15, 0.2) is 11.0 Å². The Kier molecular flexibility index (Phi) is 4.80. The van der Waals surface area contributed by atoms with Gasteiger partial charge in [-0.1, -0.05) is 0 Å². The SMILES string of the molecule is CC(C)n1nnnc1COc1ccc(C(=O)Nc2nccs2)cc1. The molecule has 0 aliphatic carbocycles. The molecule has 24 heavy (non-hydrogen) atoms. The summed E-state index contributed by atoms with van der Waals surface area (Å²) in [6.07, 6.45) is 1.64. The Balaban J connectivity index is 1.60. The molecule has 0 saturated carbocycles. The van der Waals surface area contributed by atoms with E-state index in [0.29, 0.717) is 22.3 Å². The topological polar surface area (TPSA) is 94.8 Å². The molecule has 2 heterocycles. The molecule has 3 aromatic rings. The maximum absolute atomic E-state index is 12.1. The second-order valence-corrected chi connectivity index (χ2v) is 6.13. The van der Waals surface area contributed by atoms with E-state index in [-0.39, 0.29) is 18.6 Å². The summed E-state index contributed by atoms with van der Waals surface area (Å²) in [4.78, 5) is 16.1. The second-order valence-electron chi connectivity index (χ2n) is 5.24. The van der Waals surface area contributed by atoms with Crippen LogP contribution in [0.3, 0.4) is 0 Å². The van der Waals surface area contributed by atoms with Crippen LogP contribution in [0.25, 0.3) is 0 Å². The van der Waals surface area contributed by atoms with E-state index in [2.05, 4.69) is 25.8 Å². The highest BCUT2D eigenvalue weighted by Crippen LogP contribution is 2.16. The quantitative estimate of drug-likeness (QED) is 0.738. The lowest BCUT2D eigenvalue weighted by Crippen LogP contribution is -2.12. The predicted octanol–water partition coefficient (Wildman–Crippen LogP) is 2.54. The van der Waals surface area contributed by atoms with Crippen LogP contribution in [-0.2, 0) is 6.61 Å². The second kappa shape index (κ2) is 7.18. The maximum Gasteiger partial charge on any atom is 0.257 e. The summed E-state index contributed by atoms with van der Waals surface area (Å²) < 4.78 is 7.38. The van der Waals surface area contributed by atoms with Crippen molar-refractivity contribution in [2.24, 2.45) is 0 Å². The van der Waals surface area contributed by atoms with E-state index in [9.17, 15) is 4.79 Å². The first kappa shape index (κ1) is 16.1. The highest BCUT2D eigenvalue weighted by Gasteiger charge is 2.11. The molecule has 8 nitrogen and oxygen atoms in total. The van der Waals surface area contributed by atoms with Gasteiger partial charge in [0, 0.05) is 17.1 Å². The van der Waals surface area contributed by atoms with Gasteiger partial charge in [0.05, 0.1) is 6.04 Å². The van der Waals surface area contributed by atoms with Crippen molar-refractivity contribution in [3.8, 4) is 5.75 Å². The van der Waals surface area contributed by atoms with Gasteiger partial charge in [0.25, 0.3) is 5.91 Å². The summed E-state index contributed by atoms with van der Waals surface area (Å²) in [6, 6.07) is 7.03. The van der Waals surface area contributed by atoms with E-state index in [1.165, 1.54) is 11.3 Å². The molecule has 124 valence electrons. The maximum atomic E-state index is 12.1. The summed E-state index contributed by atoms with van der Waals surface area (Å²) in [5, 5.41) is 16.6. The van der Waals surface area contributed by atoms with Gasteiger partial charge in [-0.3, -0.25) is 10.1 Å². The van der Waals surface area contributed by atoms with E-state index in [1.807, 2.05) is 13.8 Å². The summed E-state index contributed by atoms with van der Waals surface area (Å²) in [6.45, 7) is 4.25. The number of anilines is 1. The first-order valence-corrected chi connectivity index (χ1v) is 8.22. The van der Waals surface area contributed by atoms with Gasteiger partial charge in [-0.2, -0.15) is 0 Å². The van der Waals surface area contributed by atoms with Crippen LogP contribution >= 0.6 is 11.3 Å². The third-order valence-electron chi connectivity index (χ3n) is 3.19. The standard InChI is InChI=1S/C15H16N6O2S/c1-10(2)21-13(18-19-20-21)9-23-12-5-3-11(4-6-12)14(22)17-15-16-7-8-24-15/h3-8,10H,9H2,1-2H3,(H,16,17,22). The first-order valence-electron chi connectivity index (χ1n) is 7.34. The van der Waals surface area contributed by atoms with Crippen molar-refractivity contribution in [1.29, 1.82) is 0 Å². The molecule has 0 aliphatic heterocycles. The molecule has 1 amide bonds. The molecule has 1 aromatic carbocycles. The number of ether oxygens (including phenoxy) is 1. The first-order chi connectivity index (χ1) is 11.6. The van der Waals surface area contributed by atoms with Crippen molar-refractivity contribution in [3.63, 3.8) is 0 Å². The number of tetrazole rings is 1. The normalized spacial score (nSPS) is 10.8. The molecule has 2 aromatic heterocycles. The Morgan fingerprint density at radius 2 is 2.12 bits per heavy atom. The molecule has 0 unspecified atom stereocenters. The number of amides is 1. The molecule has 1 N–H and O–H groups in total. The minimum atomic E-state index is -0.208. The molecule has 3 rings (SSSR count). The Labute approximate surface area is 142 Å². The fourth-order valence-electron chi connectivity index (χ4n) is 2.01. The van der Waals surface area contributed by atoms with Gasteiger partial charge in [-0.15, -0.1) is 16.4 Å². The smallest absolute Gasteiger partial charge is 0.257 e. The van der Waals surface area contributed by atoms with Crippen LogP contribution in [0.2, 0.25) is 0 Å². The monoisotopic (exact) mass is 344 g/mol. The van der Waals surface area contributed by atoms with Crippen molar-refractivity contribution in [3.05, 3.63) is 47.2 Å². The van der Waals surface area contributed by atoms with E-state index in [4.69, 9.17) is 4.74 Å². The molecule has 9 heteroatoms. The lowest BCUT2D eigenvalue weighted by Gasteiger charge is -2.09. The van der Waals surface area contributed by atoms with Crippen molar-refractivity contribution in [1.82, 2.24) is 25.2 Å². The lowest BCUT2D eigenvalue weighted by molar-refractivity contribution is 0.102. The molecule has 0 atom stereocenters.